The minimum Gasteiger partial charge on any atom is -0.299 e. The maximum Gasteiger partial charge on any atom is 0.144 e. The van der Waals surface area contributed by atoms with Crippen molar-refractivity contribution in [1.29, 1.82) is 0 Å². The van der Waals surface area contributed by atoms with Gasteiger partial charge in [-0.05, 0) is 31.5 Å². The van der Waals surface area contributed by atoms with Crippen LogP contribution >= 0.6 is 34.5 Å². The molecule has 1 heterocycles. The van der Waals surface area contributed by atoms with E-state index in [1.807, 2.05) is 19.9 Å². The summed E-state index contributed by atoms with van der Waals surface area (Å²) in [6.45, 7) is 3.97. The second-order valence-corrected chi connectivity index (χ2v) is 6.49. The molecule has 0 saturated heterocycles. The average Bonchev–Trinajstić information content (AvgIpc) is 2.63. The predicted octanol–water partition coefficient (Wildman–Crippen LogP) is 4.42. The smallest absolute Gasteiger partial charge is 0.144 e. The zero-order chi connectivity index (χ0) is 14.0. The zero-order valence-electron chi connectivity index (χ0n) is 10.7. The Morgan fingerprint density at radius 3 is 2.53 bits per heavy atom. The topological polar surface area (TPSA) is 30.0 Å². The third-order valence-electron chi connectivity index (χ3n) is 2.81. The van der Waals surface area contributed by atoms with Gasteiger partial charge in [-0.15, -0.1) is 11.3 Å². The third-order valence-corrected chi connectivity index (χ3v) is 4.62. The Hall–Kier alpha value is -0.900. The first-order valence-corrected chi connectivity index (χ1v) is 7.41. The Morgan fingerprint density at radius 1 is 1.21 bits per heavy atom. The van der Waals surface area contributed by atoms with Gasteiger partial charge in [0.15, 0.2) is 0 Å². The number of carbonyl (C=O) groups is 1. The number of Topliss-reactive ketones (excluding diaryl/α,β-unsaturated/α-hetero) is 1. The van der Waals surface area contributed by atoms with Crippen molar-refractivity contribution in [2.75, 3.05) is 0 Å². The van der Waals surface area contributed by atoms with Gasteiger partial charge in [-0.3, -0.25) is 4.79 Å². The molecule has 0 aliphatic heterocycles. The van der Waals surface area contributed by atoms with Crippen molar-refractivity contribution in [2.45, 2.75) is 26.7 Å². The molecule has 0 bridgehead atoms. The van der Waals surface area contributed by atoms with E-state index in [1.54, 1.807) is 23.5 Å². The molecule has 0 aliphatic carbocycles. The van der Waals surface area contributed by atoms with Crippen LogP contribution in [0, 0.1) is 13.8 Å². The highest BCUT2D eigenvalue weighted by Crippen LogP contribution is 2.23. The fourth-order valence-corrected chi connectivity index (χ4v) is 3.01. The fraction of sp³-hybridized carbons (Fsp3) is 0.286. The van der Waals surface area contributed by atoms with Crippen molar-refractivity contribution >= 4 is 40.3 Å². The lowest BCUT2D eigenvalue weighted by Crippen LogP contribution is -2.06. The van der Waals surface area contributed by atoms with Crippen molar-refractivity contribution in [3.05, 3.63) is 49.4 Å². The number of aryl methyl sites for hydroxylation is 2. The second-order valence-electron chi connectivity index (χ2n) is 4.39. The van der Waals surface area contributed by atoms with Crippen LogP contribution in [0.1, 0.15) is 21.1 Å². The van der Waals surface area contributed by atoms with Crippen molar-refractivity contribution in [1.82, 2.24) is 4.98 Å². The van der Waals surface area contributed by atoms with Crippen LogP contribution in [0.5, 0.6) is 0 Å². The van der Waals surface area contributed by atoms with E-state index in [0.717, 1.165) is 21.1 Å². The predicted molar refractivity (Wildman–Crippen MR) is 80.5 cm³/mol. The van der Waals surface area contributed by atoms with Gasteiger partial charge in [0.2, 0.25) is 0 Å². The number of hydrogen-bond acceptors (Lipinski definition) is 3. The number of aromatic nitrogens is 1. The number of rotatable bonds is 4. The van der Waals surface area contributed by atoms with Crippen LogP contribution in [0.2, 0.25) is 10.0 Å². The van der Waals surface area contributed by atoms with E-state index < -0.39 is 0 Å². The molecule has 0 unspecified atom stereocenters. The molecule has 5 heteroatoms. The molecule has 0 amide bonds. The summed E-state index contributed by atoms with van der Waals surface area (Å²) in [6.07, 6.45) is 0.730. The molecule has 0 atom stereocenters. The van der Waals surface area contributed by atoms with Gasteiger partial charge in [0.25, 0.3) is 0 Å². The van der Waals surface area contributed by atoms with Crippen LogP contribution in [0.4, 0.5) is 0 Å². The van der Waals surface area contributed by atoms with Crippen LogP contribution in [-0.2, 0) is 17.6 Å². The molecule has 0 saturated carbocycles. The quantitative estimate of drug-likeness (QED) is 0.836. The molecule has 0 radical (unpaired) electrons. The molecule has 1 aromatic carbocycles. The average molecular weight is 314 g/mol. The molecular weight excluding hydrogens is 301 g/mol. The van der Waals surface area contributed by atoms with Gasteiger partial charge in [0.05, 0.1) is 22.2 Å². The van der Waals surface area contributed by atoms with Crippen molar-refractivity contribution in [3.63, 3.8) is 0 Å². The summed E-state index contributed by atoms with van der Waals surface area (Å²) in [5.74, 6) is 0.132. The first-order valence-electron chi connectivity index (χ1n) is 5.84. The molecule has 0 N–H and O–H groups in total. The lowest BCUT2D eigenvalue weighted by atomic mass is 10.1. The molecular formula is C14H13Cl2NOS. The van der Waals surface area contributed by atoms with E-state index >= 15 is 0 Å². The highest BCUT2D eigenvalue weighted by atomic mass is 35.5. The fourth-order valence-electron chi connectivity index (χ4n) is 1.72. The van der Waals surface area contributed by atoms with Crippen molar-refractivity contribution in [3.8, 4) is 0 Å². The Bertz CT molecular complexity index is 602. The van der Waals surface area contributed by atoms with Gasteiger partial charge in [-0.1, -0.05) is 29.3 Å². The molecule has 0 aliphatic rings. The monoisotopic (exact) mass is 313 g/mol. The molecule has 2 rings (SSSR count). The molecule has 2 nitrogen and oxygen atoms in total. The van der Waals surface area contributed by atoms with E-state index in [0.29, 0.717) is 22.9 Å². The molecule has 1 aromatic heterocycles. The highest BCUT2D eigenvalue weighted by Gasteiger charge is 2.10. The van der Waals surface area contributed by atoms with Crippen LogP contribution < -0.4 is 0 Å². The molecule has 19 heavy (non-hydrogen) atoms. The second kappa shape index (κ2) is 6.04. The SMILES string of the molecule is Cc1nc(CC(=O)Cc2ccc(Cl)c(Cl)c2)sc1C. The summed E-state index contributed by atoms with van der Waals surface area (Å²) in [5.41, 5.74) is 1.88. The largest absolute Gasteiger partial charge is 0.299 e. The number of halogens is 2. The number of benzene rings is 1. The first kappa shape index (κ1) is 14.5. The summed E-state index contributed by atoms with van der Waals surface area (Å²) in [7, 11) is 0. The Balaban J connectivity index is 2.03. The summed E-state index contributed by atoms with van der Waals surface area (Å²) >= 11 is 13.3. The number of carbonyl (C=O) groups excluding carboxylic acids is 1. The van der Waals surface area contributed by atoms with Gasteiger partial charge < -0.3 is 0 Å². The van der Waals surface area contributed by atoms with Crippen LogP contribution in [0.15, 0.2) is 18.2 Å². The van der Waals surface area contributed by atoms with E-state index in [4.69, 9.17) is 23.2 Å². The Labute approximate surface area is 126 Å². The summed E-state index contributed by atoms with van der Waals surface area (Å²) < 4.78 is 0. The summed E-state index contributed by atoms with van der Waals surface area (Å²) in [6, 6.07) is 5.27. The zero-order valence-corrected chi connectivity index (χ0v) is 13.0. The molecule has 100 valence electrons. The van der Waals surface area contributed by atoms with Crippen LogP contribution in [-0.4, -0.2) is 10.8 Å². The summed E-state index contributed by atoms with van der Waals surface area (Å²) in [5, 5.41) is 1.86. The minimum atomic E-state index is 0.132. The number of hydrogen-bond donors (Lipinski definition) is 0. The van der Waals surface area contributed by atoms with E-state index in [9.17, 15) is 4.79 Å². The molecule has 0 fully saturated rings. The van der Waals surface area contributed by atoms with E-state index in [1.165, 1.54) is 0 Å². The highest BCUT2D eigenvalue weighted by molar-refractivity contribution is 7.11. The number of thiazole rings is 1. The lowest BCUT2D eigenvalue weighted by Gasteiger charge is -2.02. The maximum atomic E-state index is 12.0. The van der Waals surface area contributed by atoms with Gasteiger partial charge in [0.1, 0.15) is 10.8 Å². The number of nitrogens with zero attached hydrogens (tertiary/aromatic N) is 1. The molecule has 2 aromatic rings. The van der Waals surface area contributed by atoms with Gasteiger partial charge in [-0.25, -0.2) is 4.98 Å². The third kappa shape index (κ3) is 3.78. The standard InChI is InChI=1S/C14H13Cl2NOS/c1-8-9(2)19-14(17-8)7-11(18)5-10-3-4-12(15)13(16)6-10/h3-4,6H,5,7H2,1-2H3. The van der Waals surface area contributed by atoms with E-state index in [2.05, 4.69) is 4.98 Å². The van der Waals surface area contributed by atoms with E-state index in [-0.39, 0.29) is 5.78 Å². The Morgan fingerprint density at radius 2 is 1.95 bits per heavy atom. The minimum absolute atomic E-state index is 0.132. The van der Waals surface area contributed by atoms with Crippen LogP contribution in [0.25, 0.3) is 0 Å². The maximum absolute atomic E-state index is 12.0. The van der Waals surface area contributed by atoms with Gasteiger partial charge in [-0.2, -0.15) is 0 Å². The van der Waals surface area contributed by atoms with Crippen molar-refractivity contribution in [2.24, 2.45) is 0 Å². The Kier molecular flexibility index (Phi) is 4.61. The summed E-state index contributed by atoms with van der Waals surface area (Å²) in [4.78, 5) is 17.5. The molecule has 0 spiro atoms. The lowest BCUT2D eigenvalue weighted by molar-refractivity contribution is -0.117. The normalized spacial score (nSPS) is 10.7. The van der Waals surface area contributed by atoms with Crippen LogP contribution in [0.3, 0.4) is 0 Å². The van der Waals surface area contributed by atoms with Gasteiger partial charge >= 0.3 is 0 Å². The van der Waals surface area contributed by atoms with Gasteiger partial charge in [0, 0.05) is 11.3 Å². The van der Waals surface area contributed by atoms with Crippen molar-refractivity contribution < 1.29 is 4.79 Å². The first-order chi connectivity index (χ1) is 8.95. The number of ketones is 1.